The molecule has 122 valence electrons. The Labute approximate surface area is 134 Å². The minimum absolute atomic E-state index is 0.0479. The van der Waals surface area contributed by atoms with Crippen LogP contribution in [0.2, 0.25) is 0 Å². The maximum Gasteiger partial charge on any atom is 0.586 e. The van der Waals surface area contributed by atoms with Gasteiger partial charge in [0.15, 0.2) is 16.7 Å². The van der Waals surface area contributed by atoms with Crippen molar-refractivity contribution in [3.8, 4) is 11.5 Å². The summed E-state index contributed by atoms with van der Waals surface area (Å²) in [5, 5.41) is 0.360. The fraction of sp³-hybridized carbons (Fsp3) is 0.286. The zero-order chi connectivity index (χ0) is 16.6. The van der Waals surface area contributed by atoms with Gasteiger partial charge in [-0.3, -0.25) is 0 Å². The number of alkyl halides is 2. The monoisotopic (exact) mass is 342 g/mol. The van der Waals surface area contributed by atoms with Gasteiger partial charge in [0.2, 0.25) is 0 Å². The summed E-state index contributed by atoms with van der Waals surface area (Å²) in [4.78, 5) is 17.8. The normalized spacial score (nSPS) is 20.2. The molecule has 6 nitrogen and oxygen atoms in total. The van der Waals surface area contributed by atoms with Gasteiger partial charge in [-0.25, -0.2) is 4.79 Å². The van der Waals surface area contributed by atoms with Gasteiger partial charge in [0.1, 0.15) is 0 Å². The van der Waals surface area contributed by atoms with Crippen molar-refractivity contribution >= 4 is 28.7 Å². The molecule has 0 bridgehead atoms. The van der Waals surface area contributed by atoms with Crippen LogP contribution in [-0.4, -0.2) is 30.7 Å². The summed E-state index contributed by atoms with van der Waals surface area (Å²) in [5.41, 5.74) is 0.527. The molecule has 0 saturated carbocycles. The standard InChI is InChI=1S/C14H12F2N2O4S/c1-3-20-13(19)17-12-18(7-8(2)23-12)9-4-5-10-11(6-9)22-14(15,16)21-10/h4-6H,2-3,7H2,1H3. The Morgan fingerprint density at radius 3 is 2.96 bits per heavy atom. The van der Waals surface area contributed by atoms with Crippen LogP contribution in [0.5, 0.6) is 11.5 Å². The van der Waals surface area contributed by atoms with E-state index in [2.05, 4.69) is 21.0 Å². The molecular weight excluding hydrogens is 330 g/mol. The Hall–Kier alpha value is -2.29. The third-order valence-corrected chi connectivity index (χ3v) is 3.86. The Bertz CT molecular complexity index is 708. The lowest BCUT2D eigenvalue weighted by molar-refractivity contribution is -0.286. The molecule has 3 rings (SSSR count). The number of ether oxygens (including phenoxy) is 3. The summed E-state index contributed by atoms with van der Waals surface area (Å²) in [6.07, 6.45) is -4.39. The molecule has 0 radical (unpaired) electrons. The summed E-state index contributed by atoms with van der Waals surface area (Å²) >= 11 is 1.22. The van der Waals surface area contributed by atoms with Gasteiger partial charge in [-0.05, 0) is 19.1 Å². The quantitative estimate of drug-likeness (QED) is 0.819. The van der Waals surface area contributed by atoms with Crippen molar-refractivity contribution in [3.63, 3.8) is 0 Å². The molecule has 2 aliphatic heterocycles. The van der Waals surface area contributed by atoms with E-state index in [4.69, 9.17) is 4.74 Å². The predicted molar refractivity (Wildman–Crippen MR) is 81.2 cm³/mol. The van der Waals surface area contributed by atoms with Gasteiger partial charge in [0.05, 0.1) is 13.2 Å². The maximum atomic E-state index is 13.1. The fourth-order valence-corrected chi connectivity index (χ4v) is 2.94. The van der Waals surface area contributed by atoms with E-state index < -0.39 is 12.4 Å². The highest BCUT2D eigenvalue weighted by Gasteiger charge is 2.43. The van der Waals surface area contributed by atoms with Gasteiger partial charge in [-0.2, -0.15) is 4.99 Å². The second-order valence-corrected chi connectivity index (χ2v) is 5.77. The first-order chi connectivity index (χ1) is 10.9. The molecule has 1 aromatic rings. The fourth-order valence-electron chi connectivity index (χ4n) is 2.08. The summed E-state index contributed by atoms with van der Waals surface area (Å²) in [6.45, 7) is 6.11. The van der Waals surface area contributed by atoms with Gasteiger partial charge in [-0.15, -0.1) is 8.78 Å². The smallest absolute Gasteiger partial charge is 0.448 e. The van der Waals surface area contributed by atoms with E-state index in [1.807, 2.05) is 0 Å². The molecule has 0 unspecified atom stereocenters. The second kappa shape index (κ2) is 5.73. The number of halogens is 2. The second-order valence-electron chi connectivity index (χ2n) is 4.62. The number of amides is 1. The van der Waals surface area contributed by atoms with Crippen molar-refractivity contribution in [2.45, 2.75) is 13.2 Å². The number of amidine groups is 1. The average Bonchev–Trinajstić information content (AvgIpc) is 2.96. The molecule has 1 fully saturated rings. The number of fused-ring (bicyclic) bond motifs is 1. The van der Waals surface area contributed by atoms with Crippen molar-refractivity contribution in [3.05, 3.63) is 29.7 Å². The van der Waals surface area contributed by atoms with Crippen LogP contribution in [0.4, 0.5) is 19.3 Å². The lowest BCUT2D eigenvalue weighted by atomic mass is 10.2. The Balaban J connectivity index is 1.88. The minimum Gasteiger partial charge on any atom is -0.448 e. The Morgan fingerprint density at radius 1 is 1.48 bits per heavy atom. The van der Waals surface area contributed by atoms with Crippen molar-refractivity contribution in [2.75, 3.05) is 18.1 Å². The molecule has 9 heteroatoms. The first kappa shape index (κ1) is 15.6. The molecule has 0 N–H and O–H groups in total. The number of thioether (sulfide) groups is 1. The number of carbonyl (C=O) groups is 1. The molecule has 2 aliphatic rings. The van der Waals surface area contributed by atoms with Crippen LogP contribution in [-0.2, 0) is 4.74 Å². The van der Waals surface area contributed by atoms with E-state index in [-0.39, 0.29) is 18.1 Å². The van der Waals surface area contributed by atoms with E-state index in [1.54, 1.807) is 17.9 Å². The van der Waals surface area contributed by atoms with Crippen molar-refractivity contribution in [2.24, 2.45) is 4.99 Å². The number of nitrogens with zero attached hydrogens (tertiary/aromatic N) is 2. The van der Waals surface area contributed by atoms with Gasteiger partial charge >= 0.3 is 12.4 Å². The lowest BCUT2D eigenvalue weighted by Crippen LogP contribution is -2.26. The van der Waals surface area contributed by atoms with E-state index in [0.717, 1.165) is 4.91 Å². The molecule has 23 heavy (non-hydrogen) atoms. The first-order valence-corrected chi connectivity index (χ1v) is 7.48. The van der Waals surface area contributed by atoms with Crippen molar-refractivity contribution in [1.82, 2.24) is 0 Å². The van der Waals surface area contributed by atoms with Crippen molar-refractivity contribution in [1.29, 1.82) is 0 Å². The minimum atomic E-state index is -3.67. The summed E-state index contributed by atoms with van der Waals surface area (Å²) < 4.78 is 39.7. The van der Waals surface area contributed by atoms with Crippen LogP contribution in [0.15, 0.2) is 34.7 Å². The highest BCUT2D eigenvalue weighted by Crippen LogP contribution is 2.44. The number of hydrogen-bond acceptors (Lipinski definition) is 5. The molecule has 2 heterocycles. The molecule has 0 spiro atoms. The average molecular weight is 342 g/mol. The number of benzene rings is 1. The highest BCUT2D eigenvalue weighted by molar-refractivity contribution is 8.18. The zero-order valence-electron chi connectivity index (χ0n) is 12.0. The van der Waals surface area contributed by atoms with Crippen molar-refractivity contribution < 1.29 is 27.8 Å². The van der Waals surface area contributed by atoms with Crippen LogP contribution >= 0.6 is 11.8 Å². The molecule has 1 aromatic carbocycles. The zero-order valence-corrected chi connectivity index (χ0v) is 12.9. The molecule has 0 aliphatic carbocycles. The van der Waals surface area contributed by atoms with E-state index >= 15 is 0 Å². The van der Waals surface area contributed by atoms with Crippen LogP contribution in [0, 0.1) is 0 Å². The highest BCUT2D eigenvalue weighted by atomic mass is 32.2. The van der Waals surface area contributed by atoms with E-state index in [1.165, 1.54) is 23.9 Å². The van der Waals surface area contributed by atoms with Crippen LogP contribution in [0.3, 0.4) is 0 Å². The molecular formula is C14H12F2N2O4S. The van der Waals surface area contributed by atoms with Gasteiger partial charge in [0, 0.05) is 16.7 Å². The van der Waals surface area contributed by atoms with Crippen LogP contribution in [0.1, 0.15) is 6.92 Å². The molecule has 1 amide bonds. The third-order valence-electron chi connectivity index (χ3n) is 2.95. The molecule has 0 aromatic heterocycles. The molecule has 0 atom stereocenters. The van der Waals surface area contributed by atoms with Crippen LogP contribution < -0.4 is 14.4 Å². The number of rotatable bonds is 2. The third kappa shape index (κ3) is 3.24. The first-order valence-electron chi connectivity index (χ1n) is 6.66. The Kier molecular flexibility index (Phi) is 3.88. The van der Waals surface area contributed by atoms with E-state index in [9.17, 15) is 13.6 Å². The predicted octanol–water partition coefficient (Wildman–Crippen LogP) is 3.59. The number of anilines is 1. The van der Waals surface area contributed by atoms with Gasteiger partial charge in [0.25, 0.3) is 0 Å². The maximum absolute atomic E-state index is 13.1. The summed E-state index contributed by atoms with van der Waals surface area (Å²) in [5.74, 6) is -0.126. The molecule has 1 saturated heterocycles. The summed E-state index contributed by atoms with van der Waals surface area (Å²) in [6, 6.07) is 4.35. The number of carbonyl (C=O) groups excluding carboxylic acids is 1. The summed E-state index contributed by atoms with van der Waals surface area (Å²) in [7, 11) is 0. The number of hydrogen-bond donors (Lipinski definition) is 0. The SMILES string of the molecule is C=C1CN(c2ccc3c(c2)OC(F)(F)O3)C(=NC(=O)OCC)S1. The topological polar surface area (TPSA) is 60.4 Å². The Morgan fingerprint density at radius 2 is 2.22 bits per heavy atom. The van der Waals surface area contributed by atoms with Gasteiger partial charge < -0.3 is 19.1 Å². The number of aliphatic imine (C=N–C) groups is 1. The van der Waals surface area contributed by atoms with Gasteiger partial charge in [-0.1, -0.05) is 18.3 Å². The van der Waals surface area contributed by atoms with Crippen LogP contribution in [0.25, 0.3) is 0 Å². The lowest BCUT2D eigenvalue weighted by Gasteiger charge is -2.17. The largest absolute Gasteiger partial charge is 0.586 e. The van der Waals surface area contributed by atoms with E-state index in [0.29, 0.717) is 17.4 Å².